The van der Waals surface area contributed by atoms with Crippen LogP contribution in [0.2, 0.25) is 0 Å². The molecule has 104 valence electrons. The molecule has 1 aliphatic carbocycles. The predicted octanol–water partition coefficient (Wildman–Crippen LogP) is 6.19. The zero-order valence-corrected chi connectivity index (χ0v) is 13.0. The summed E-state index contributed by atoms with van der Waals surface area (Å²) in [6, 6.07) is 17.9. The van der Waals surface area contributed by atoms with Crippen LogP contribution < -0.4 is 0 Å². The van der Waals surface area contributed by atoms with Crippen molar-refractivity contribution in [3.05, 3.63) is 59.7 Å². The molecule has 0 N–H and O–H groups in total. The van der Waals surface area contributed by atoms with Gasteiger partial charge in [-0.15, -0.1) is 0 Å². The summed E-state index contributed by atoms with van der Waals surface area (Å²) in [7, 11) is 0. The van der Waals surface area contributed by atoms with Crippen molar-refractivity contribution in [2.45, 2.75) is 54.7 Å². The average molecular weight is 282 g/mol. The minimum Gasteiger partial charge on any atom is -0.0898 e. The number of rotatable bonds is 3. The highest BCUT2D eigenvalue weighted by Crippen LogP contribution is 2.39. The standard InChI is InChI=1S/C19H22S/c1-15-11-13-17(14-12-15)20-19-10-6-5-9-18(19)16-7-3-2-4-8-16/h5-6,9-14,16H,2-4,7-8H2,1H3. The van der Waals surface area contributed by atoms with E-state index in [0.717, 1.165) is 5.92 Å². The van der Waals surface area contributed by atoms with Gasteiger partial charge in [-0.2, -0.15) is 0 Å². The van der Waals surface area contributed by atoms with Crippen LogP contribution in [0.1, 0.15) is 49.1 Å². The Morgan fingerprint density at radius 3 is 2.30 bits per heavy atom. The summed E-state index contributed by atoms with van der Waals surface area (Å²) in [5.74, 6) is 0.776. The molecule has 0 amide bonds. The molecule has 2 aromatic rings. The highest BCUT2D eigenvalue weighted by Gasteiger charge is 2.18. The largest absolute Gasteiger partial charge is 0.0898 e. The number of benzene rings is 2. The quantitative estimate of drug-likeness (QED) is 0.646. The van der Waals surface area contributed by atoms with Crippen LogP contribution in [-0.4, -0.2) is 0 Å². The first kappa shape index (κ1) is 13.8. The number of hydrogen-bond acceptors (Lipinski definition) is 1. The summed E-state index contributed by atoms with van der Waals surface area (Å²) < 4.78 is 0. The second kappa shape index (κ2) is 6.49. The van der Waals surface area contributed by atoms with E-state index in [2.05, 4.69) is 55.5 Å². The third-order valence-electron chi connectivity index (χ3n) is 4.21. The Labute approximate surface area is 126 Å². The van der Waals surface area contributed by atoms with E-state index in [1.807, 2.05) is 11.8 Å². The fraction of sp³-hybridized carbons (Fsp3) is 0.368. The molecule has 0 radical (unpaired) electrons. The summed E-state index contributed by atoms with van der Waals surface area (Å²) in [4.78, 5) is 2.79. The van der Waals surface area contributed by atoms with E-state index < -0.39 is 0 Å². The predicted molar refractivity (Wildman–Crippen MR) is 87.6 cm³/mol. The minimum atomic E-state index is 0.776. The van der Waals surface area contributed by atoms with Gasteiger partial charge in [0.2, 0.25) is 0 Å². The summed E-state index contributed by atoms with van der Waals surface area (Å²) in [6.07, 6.45) is 6.95. The number of aryl methyl sites for hydroxylation is 1. The second-order valence-corrected chi connectivity index (χ2v) is 6.90. The van der Waals surface area contributed by atoms with Crippen molar-refractivity contribution in [1.29, 1.82) is 0 Å². The van der Waals surface area contributed by atoms with E-state index in [-0.39, 0.29) is 0 Å². The first-order valence-electron chi connectivity index (χ1n) is 7.66. The van der Waals surface area contributed by atoms with Gasteiger partial charge in [0.15, 0.2) is 0 Å². The van der Waals surface area contributed by atoms with Crippen LogP contribution in [-0.2, 0) is 0 Å². The Kier molecular flexibility index (Phi) is 4.47. The molecule has 0 spiro atoms. The van der Waals surface area contributed by atoms with Crippen LogP contribution in [0.25, 0.3) is 0 Å². The molecule has 0 heterocycles. The smallest absolute Gasteiger partial charge is 0.0157 e. The maximum atomic E-state index is 2.34. The molecule has 1 saturated carbocycles. The molecule has 1 aliphatic rings. The van der Waals surface area contributed by atoms with E-state index in [4.69, 9.17) is 0 Å². The summed E-state index contributed by atoms with van der Waals surface area (Å²) >= 11 is 1.92. The molecule has 0 saturated heterocycles. The molecule has 0 bridgehead atoms. The van der Waals surface area contributed by atoms with E-state index in [1.54, 1.807) is 5.56 Å². The highest BCUT2D eigenvalue weighted by molar-refractivity contribution is 7.99. The Morgan fingerprint density at radius 1 is 0.850 bits per heavy atom. The number of hydrogen-bond donors (Lipinski definition) is 0. The van der Waals surface area contributed by atoms with Gasteiger partial charge in [-0.25, -0.2) is 0 Å². The van der Waals surface area contributed by atoms with Gasteiger partial charge in [-0.3, -0.25) is 0 Å². The monoisotopic (exact) mass is 282 g/mol. The lowest BCUT2D eigenvalue weighted by atomic mass is 9.84. The van der Waals surface area contributed by atoms with Crippen molar-refractivity contribution < 1.29 is 0 Å². The topological polar surface area (TPSA) is 0 Å². The first-order valence-corrected chi connectivity index (χ1v) is 8.48. The van der Waals surface area contributed by atoms with Gasteiger partial charge in [0.25, 0.3) is 0 Å². The fourth-order valence-electron chi connectivity index (χ4n) is 3.06. The van der Waals surface area contributed by atoms with Gasteiger partial charge in [-0.1, -0.05) is 66.9 Å². The zero-order valence-electron chi connectivity index (χ0n) is 12.1. The van der Waals surface area contributed by atoms with Gasteiger partial charge in [0.05, 0.1) is 0 Å². The fourth-order valence-corrected chi connectivity index (χ4v) is 4.08. The van der Waals surface area contributed by atoms with Crippen molar-refractivity contribution in [3.63, 3.8) is 0 Å². The van der Waals surface area contributed by atoms with Crippen LogP contribution in [0.15, 0.2) is 58.3 Å². The van der Waals surface area contributed by atoms with Crippen LogP contribution in [0.3, 0.4) is 0 Å². The Balaban J connectivity index is 1.83. The third kappa shape index (κ3) is 3.27. The molecule has 0 nitrogen and oxygen atoms in total. The molecule has 0 aromatic heterocycles. The van der Waals surface area contributed by atoms with E-state index in [1.165, 1.54) is 47.5 Å². The summed E-state index contributed by atoms with van der Waals surface area (Å²) in [6.45, 7) is 2.14. The lowest BCUT2D eigenvalue weighted by molar-refractivity contribution is 0.439. The molecular weight excluding hydrogens is 260 g/mol. The maximum absolute atomic E-state index is 2.34. The molecule has 0 aliphatic heterocycles. The average Bonchev–Trinajstić information content (AvgIpc) is 2.51. The molecule has 0 unspecified atom stereocenters. The zero-order chi connectivity index (χ0) is 13.8. The van der Waals surface area contributed by atoms with Crippen molar-refractivity contribution >= 4 is 11.8 Å². The van der Waals surface area contributed by atoms with E-state index in [0.29, 0.717) is 0 Å². The Morgan fingerprint density at radius 2 is 1.55 bits per heavy atom. The lowest BCUT2D eigenvalue weighted by Crippen LogP contribution is -2.05. The maximum Gasteiger partial charge on any atom is 0.0157 e. The molecule has 3 rings (SSSR count). The van der Waals surface area contributed by atoms with Gasteiger partial charge >= 0.3 is 0 Å². The van der Waals surface area contributed by atoms with E-state index in [9.17, 15) is 0 Å². The summed E-state index contributed by atoms with van der Waals surface area (Å²) in [5.41, 5.74) is 2.90. The van der Waals surface area contributed by atoms with Gasteiger partial charge in [-0.05, 0) is 49.4 Å². The molecule has 20 heavy (non-hydrogen) atoms. The molecule has 2 aromatic carbocycles. The Hall–Kier alpha value is -1.21. The van der Waals surface area contributed by atoms with Crippen molar-refractivity contribution in [2.75, 3.05) is 0 Å². The first-order chi connectivity index (χ1) is 9.83. The van der Waals surface area contributed by atoms with Crippen LogP contribution >= 0.6 is 11.8 Å². The SMILES string of the molecule is Cc1ccc(Sc2ccccc2C2CCCCC2)cc1. The van der Waals surface area contributed by atoms with Crippen LogP contribution in [0, 0.1) is 6.92 Å². The second-order valence-electron chi connectivity index (χ2n) is 5.79. The highest BCUT2D eigenvalue weighted by atomic mass is 32.2. The minimum absolute atomic E-state index is 0.776. The van der Waals surface area contributed by atoms with Crippen LogP contribution in [0.4, 0.5) is 0 Å². The summed E-state index contributed by atoms with van der Waals surface area (Å²) in [5, 5.41) is 0. The lowest BCUT2D eigenvalue weighted by Gasteiger charge is -2.24. The third-order valence-corrected chi connectivity index (χ3v) is 5.31. The molecule has 0 atom stereocenters. The normalized spacial score (nSPS) is 16.2. The van der Waals surface area contributed by atoms with Gasteiger partial charge < -0.3 is 0 Å². The van der Waals surface area contributed by atoms with Crippen LogP contribution in [0.5, 0.6) is 0 Å². The van der Waals surface area contributed by atoms with Crippen molar-refractivity contribution in [3.8, 4) is 0 Å². The van der Waals surface area contributed by atoms with Gasteiger partial charge in [0, 0.05) is 9.79 Å². The molecule has 1 heteroatoms. The van der Waals surface area contributed by atoms with Crippen molar-refractivity contribution in [1.82, 2.24) is 0 Å². The van der Waals surface area contributed by atoms with Gasteiger partial charge in [0.1, 0.15) is 0 Å². The molecular formula is C19H22S. The van der Waals surface area contributed by atoms with Crippen molar-refractivity contribution in [2.24, 2.45) is 0 Å². The van der Waals surface area contributed by atoms with E-state index >= 15 is 0 Å². The Bertz CT molecular complexity index is 550. The molecule has 1 fully saturated rings.